The molecule has 0 fully saturated rings. The summed E-state index contributed by atoms with van der Waals surface area (Å²) in [6, 6.07) is 2.79. The zero-order valence-electron chi connectivity index (χ0n) is 6.49. The van der Waals surface area contributed by atoms with Gasteiger partial charge in [-0.1, -0.05) is 11.6 Å². The second kappa shape index (κ2) is 3.69. The molecular formula is C6H5Cl2NO3S. The van der Waals surface area contributed by atoms with Crippen molar-refractivity contribution in [1.29, 1.82) is 0 Å². The van der Waals surface area contributed by atoms with Crippen LogP contribution in [0.4, 0.5) is 0 Å². The Morgan fingerprint density at radius 3 is 2.54 bits per heavy atom. The van der Waals surface area contributed by atoms with Crippen LogP contribution in [0, 0.1) is 0 Å². The van der Waals surface area contributed by atoms with E-state index in [4.69, 9.17) is 27.0 Å². The summed E-state index contributed by atoms with van der Waals surface area (Å²) in [6.07, 6.45) is 0. The molecule has 0 saturated heterocycles. The molecule has 4 nitrogen and oxygen atoms in total. The number of hydrogen-bond acceptors (Lipinski definition) is 4. The van der Waals surface area contributed by atoms with Crippen LogP contribution in [0.5, 0.6) is 5.88 Å². The minimum atomic E-state index is -3.92. The number of nitrogens with zero attached hydrogens (tertiary/aromatic N) is 1. The van der Waals surface area contributed by atoms with Gasteiger partial charge in [0.15, 0.2) is 5.03 Å². The van der Waals surface area contributed by atoms with Gasteiger partial charge in [-0.3, -0.25) is 0 Å². The van der Waals surface area contributed by atoms with Crippen molar-refractivity contribution in [2.24, 2.45) is 0 Å². The first kappa shape index (κ1) is 10.6. The summed E-state index contributed by atoms with van der Waals surface area (Å²) in [4.78, 5) is 3.59. The minimum absolute atomic E-state index is 0.0317. The maximum Gasteiger partial charge on any atom is 0.280 e. The van der Waals surface area contributed by atoms with Gasteiger partial charge in [-0.25, -0.2) is 8.42 Å². The number of methoxy groups -OCH3 is 1. The average Bonchev–Trinajstić information content (AvgIpc) is 2.03. The monoisotopic (exact) mass is 241 g/mol. The van der Waals surface area contributed by atoms with E-state index in [0.717, 1.165) is 0 Å². The fraction of sp³-hybridized carbons (Fsp3) is 0.167. The third-order valence-corrected chi connectivity index (χ3v) is 2.86. The Balaban J connectivity index is 3.36. The topological polar surface area (TPSA) is 56.3 Å². The molecule has 7 heteroatoms. The number of ether oxygens (including phenoxy) is 1. The van der Waals surface area contributed by atoms with Gasteiger partial charge in [0.05, 0.1) is 12.1 Å². The number of pyridine rings is 1. The Hall–Kier alpha value is -0.520. The molecule has 1 aromatic heterocycles. The molecule has 72 valence electrons. The molecule has 1 aromatic rings. The van der Waals surface area contributed by atoms with Crippen molar-refractivity contribution < 1.29 is 13.2 Å². The van der Waals surface area contributed by atoms with E-state index >= 15 is 0 Å². The molecule has 0 aromatic carbocycles. The van der Waals surface area contributed by atoms with E-state index in [1.807, 2.05) is 0 Å². The van der Waals surface area contributed by atoms with Crippen molar-refractivity contribution in [3.05, 3.63) is 17.2 Å². The maximum absolute atomic E-state index is 10.9. The fourth-order valence-corrected chi connectivity index (χ4v) is 2.07. The Labute approximate surface area is 84.9 Å². The standard InChI is InChI=1S/C6H5Cl2NO3S/c1-12-5-3-2-4(7)6(9-5)13(8,10)11/h2-3H,1H3. The van der Waals surface area contributed by atoms with Crippen LogP contribution < -0.4 is 4.74 Å². The van der Waals surface area contributed by atoms with Crippen LogP contribution in [0.1, 0.15) is 0 Å². The zero-order valence-corrected chi connectivity index (χ0v) is 8.82. The highest BCUT2D eigenvalue weighted by Gasteiger charge is 2.17. The van der Waals surface area contributed by atoms with Crippen LogP contribution in [0.2, 0.25) is 5.02 Å². The van der Waals surface area contributed by atoms with Gasteiger partial charge in [0.1, 0.15) is 0 Å². The van der Waals surface area contributed by atoms with Crippen molar-refractivity contribution in [2.75, 3.05) is 7.11 Å². The van der Waals surface area contributed by atoms with E-state index < -0.39 is 14.1 Å². The van der Waals surface area contributed by atoms with Crippen LogP contribution in [0.15, 0.2) is 17.2 Å². The number of hydrogen-bond donors (Lipinski definition) is 0. The Morgan fingerprint density at radius 2 is 2.08 bits per heavy atom. The second-order valence-electron chi connectivity index (χ2n) is 2.08. The molecule has 0 unspecified atom stereocenters. The highest BCUT2D eigenvalue weighted by Crippen LogP contribution is 2.24. The van der Waals surface area contributed by atoms with E-state index in [1.54, 1.807) is 0 Å². The van der Waals surface area contributed by atoms with Gasteiger partial charge in [-0.05, 0) is 6.07 Å². The average molecular weight is 242 g/mol. The van der Waals surface area contributed by atoms with Crippen LogP contribution in [0.3, 0.4) is 0 Å². The van der Waals surface area contributed by atoms with Crippen molar-refractivity contribution in [3.8, 4) is 5.88 Å². The molecule has 0 aliphatic carbocycles. The molecule has 0 saturated carbocycles. The SMILES string of the molecule is COc1ccc(Cl)c(S(=O)(=O)Cl)n1. The molecule has 1 rings (SSSR count). The summed E-state index contributed by atoms with van der Waals surface area (Å²) >= 11 is 5.56. The molecule has 0 atom stereocenters. The quantitative estimate of drug-likeness (QED) is 0.740. The zero-order chi connectivity index (χ0) is 10.1. The van der Waals surface area contributed by atoms with Gasteiger partial charge in [0, 0.05) is 16.7 Å². The normalized spacial score (nSPS) is 11.3. The maximum atomic E-state index is 10.9. The van der Waals surface area contributed by atoms with Gasteiger partial charge in [-0.2, -0.15) is 4.98 Å². The van der Waals surface area contributed by atoms with E-state index in [9.17, 15) is 8.42 Å². The molecule has 0 spiro atoms. The van der Waals surface area contributed by atoms with Crippen LogP contribution in [-0.2, 0) is 9.05 Å². The predicted octanol–water partition coefficient (Wildman–Crippen LogP) is 1.67. The molecular weight excluding hydrogens is 237 g/mol. The predicted molar refractivity (Wildman–Crippen MR) is 48.8 cm³/mol. The van der Waals surface area contributed by atoms with E-state index in [1.165, 1.54) is 19.2 Å². The highest BCUT2D eigenvalue weighted by atomic mass is 35.7. The summed E-state index contributed by atoms with van der Waals surface area (Å²) in [5.41, 5.74) is 0. The molecule has 0 radical (unpaired) electrons. The lowest BCUT2D eigenvalue weighted by Gasteiger charge is -2.01. The van der Waals surface area contributed by atoms with Crippen molar-refractivity contribution in [2.45, 2.75) is 5.03 Å². The first-order valence-corrected chi connectivity index (χ1v) is 5.79. The lowest BCUT2D eigenvalue weighted by Crippen LogP contribution is -1.98. The molecule has 13 heavy (non-hydrogen) atoms. The third-order valence-electron chi connectivity index (χ3n) is 1.23. The Kier molecular flexibility index (Phi) is 3.00. The Morgan fingerprint density at radius 1 is 1.46 bits per heavy atom. The van der Waals surface area contributed by atoms with Gasteiger partial charge < -0.3 is 4.74 Å². The first-order valence-electron chi connectivity index (χ1n) is 3.10. The van der Waals surface area contributed by atoms with Gasteiger partial charge in [-0.15, -0.1) is 0 Å². The summed E-state index contributed by atoms with van der Waals surface area (Å²) < 4.78 is 26.5. The Bertz CT molecular complexity index is 418. The van der Waals surface area contributed by atoms with Gasteiger partial charge in [0.2, 0.25) is 5.88 Å². The fourth-order valence-electron chi connectivity index (χ4n) is 0.691. The van der Waals surface area contributed by atoms with Crippen LogP contribution in [0.25, 0.3) is 0 Å². The van der Waals surface area contributed by atoms with Crippen molar-refractivity contribution >= 4 is 31.3 Å². The molecule has 1 heterocycles. The van der Waals surface area contributed by atoms with Gasteiger partial charge >= 0.3 is 0 Å². The highest BCUT2D eigenvalue weighted by molar-refractivity contribution is 8.13. The van der Waals surface area contributed by atoms with E-state index in [-0.39, 0.29) is 10.9 Å². The number of aromatic nitrogens is 1. The van der Waals surface area contributed by atoms with Crippen LogP contribution in [-0.4, -0.2) is 20.5 Å². The lowest BCUT2D eigenvalue weighted by molar-refractivity contribution is 0.394. The van der Waals surface area contributed by atoms with E-state index in [0.29, 0.717) is 0 Å². The number of halogens is 2. The lowest BCUT2D eigenvalue weighted by atomic mass is 10.5. The summed E-state index contributed by atoms with van der Waals surface area (Å²) in [6.45, 7) is 0. The summed E-state index contributed by atoms with van der Waals surface area (Å²) in [5.74, 6) is 0.142. The van der Waals surface area contributed by atoms with E-state index in [2.05, 4.69) is 4.98 Å². The summed E-state index contributed by atoms with van der Waals surface area (Å²) in [5, 5.41) is -0.425. The smallest absolute Gasteiger partial charge is 0.280 e. The largest absolute Gasteiger partial charge is 0.481 e. The number of rotatable bonds is 2. The molecule has 0 aliphatic rings. The second-order valence-corrected chi connectivity index (χ2v) is 4.97. The molecule has 0 amide bonds. The molecule has 0 N–H and O–H groups in total. The molecule has 0 aliphatic heterocycles. The summed E-state index contributed by atoms with van der Waals surface area (Å²) in [7, 11) is 2.51. The van der Waals surface area contributed by atoms with Crippen LogP contribution >= 0.6 is 22.3 Å². The first-order chi connectivity index (χ1) is 5.95. The minimum Gasteiger partial charge on any atom is -0.481 e. The van der Waals surface area contributed by atoms with Crippen molar-refractivity contribution in [3.63, 3.8) is 0 Å². The van der Waals surface area contributed by atoms with Crippen molar-refractivity contribution in [1.82, 2.24) is 4.98 Å². The third kappa shape index (κ3) is 2.46. The van der Waals surface area contributed by atoms with Gasteiger partial charge in [0.25, 0.3) is 9.05 Å². The molecule has 0 bridgehead atoms.